The number of halogens is 3. The minimum Gasteiger partial charge on any atom is -0.460 e. The van der Waals surface area contributed by atoms with Gasteiger partial charge in [-0.2, -0.15) is 18.3 Å². The van der Waals surface area contributed by atoms with Gasteiger partial charge in [-0.25, -0.2) is 0 Å². The van der Waals surface area contributed by atoms with Crippen molar-refractivity contribution in [3.05, 3.63) is 70.8 Å². The highest BCUT2D eigenvalue weighted by atomic mass is 19.4. The third-order valence-corrected chi connectivity index (χ3v) is 5.41. The predicted octanol–water partition coefficient (Wildman–Crippen LogP) is 5.25. The molecule has 3 heterocycles. The predicted molar refractivity (Wildman–Crippen MR) is 99.1 cm³/mol. The molecule has 1 aliphatic heterocycles. The Morgan fingerprint density at radius 3 is 2.76 bits per heavy atom. The van der Waals surface area contributed by atoms with E-state index in [9.17, 15) is 18.0 Å². The van der Waals surface area contributed by atoms with Crippen LogP contribution >= 0.6 is 0 Å². The molecular weight excluding hydrogens is 383 g/mol. The number of carbonyl (C=O) groups excluding carboxylic acids is 1. The highest BCUT2D eigenvalue weighted by Gasteiger charge is 2.38. The molecule has 5 nitrogen and oxygen atoms in total. The molecule has 0 fully saturated rings. The second-order valence-corrected chi connectivity index (χ2v) is 7.17. The van der Waals surface area contributed by atoms with Gasteiger partial charge in [-0.05, 0) is 31.0 Å². The lowest BCUT2D eigenvalue weighted by Crippen LogP contribution is -2.26. The van der Waals surface area contributed by atoms with Crippen LogP contribution in [0, 0.1) is 0 Å². The molecule has 0 bridgehead atoms. The van der Waals surface area contributed by atoms with Crippen LogP contribution in [0.25, 0.3) is 11.3 Å². The molecule has 29 heavy (non-hydrogen) atoms. The SMILES string of the molecule is O=C1CCCC2=C1C(c1ccc(-c3ccccc3C(F)(F)F)o1)c1cn[nH]c1N2. The van der Waals surface area contributed by atoms with E-state index in [2.05, 4.69) is 15.5 Å². The zero-order valence-corrected chi connectivity index (χ0v) is 15.1. The summed E-state index contributed by atoms with van der Waals surface area (Å²) >= 11 is 0. The first-order valence-corrected chi connectivity index (χ1v) is 9.26. The van der Waals surface area contributed by atoms with Crippen LogP contribution in [0.15, 0.2) is 58.3 Å². The first-order chi connectivity index (χ1) is 13.9. The molecule has 0 saturated carbocycles. The van der Waals surface area contributed by atoms with Crippen molar-refractivity contribution in [3.63, 3.8) is 0 Å². The monoisotopic (exact) mass is 399 g/mol. The number of benzene rings is 1. The zero-order chi connectivity index (χ0) is 20.2. The maximum absolute atomic E-state index is 13.4. The molecule has 0 spiro atoms. The summed E-state index contributed by atoms with van der Waals surface area (Å²) in [6.07, 6.45) is -0.964. The standard InChI is InChI=1S/C21H16F3N3O2/c22-21(23,24)13-5-2-1-4-11(13)16-8-9-17(29-16)18-12-10-25-27-20(12)26-14-6-3-7-15(28)19(14)18/h1-2,4-5,8-10,18H,3,6-7H2,(H2,25,26,27). The van der Waals surface area contributed by atoms with Gasteiger partial charge in [0.25, 0.3) is 0 Å². The zero-order valence-electron chi connectivity index (χ0n) is 15.1. The average Bonchev–Trinajstić information content (AvgIpc) is 3.35. The number of aromatic amines is 1. The lowest BCUT2D eigenvalue weighted by atomic mass is 9.79. The Balaban J connectivity index is 1.63. The highest BCUT2D eigenvalue weighted by molar-refractivity contribution is 6.00. The minimum atomic E-state index is -4.49. The van der Waals surface area contributed by atoms with E-state index < -0.39 is 17.7 Å². The van der Waals surface area contributed by atoms with Gasteiger partial charge >= 0.3 is 6.18 Å². The number of ketones is 1. The van der Waals surface area contributed by atoms with E-state index in [1.807, 2.05) is 0 Å². The third-order valence-electron chi connectivity index (χ3n) is 5.41. The fraction of sp³-hybridized carbons (Fsp3) is 0.238. The molecule has 2 aromatic heterocycles. The van der Waals surface area contributed by atoms with Crippen molar-refractivity contribution in [2.24, 2.45) is 0 Å². The van der Waals surface area contributed by atoms with Gasteiger partial charge in [0.1, 0.15) is 17.3 Å². The lowest BCUT2D eigenvalue weighted by molar-refractivity contribution is -0.137. The molecule has 1 aromatic carbocycles. The fourth-order valence-electron chi connectivity index (χ4n) is 4.14. The fourth-order valence-corrected chi connectivity index (χ4v) is 4.14. The summed E-state index contributed by atoms with van der Waals surface area (Å²) in [6.45, 7) is 0. The van der Waals surface area contributed by atoms with E-state index in [4.69, 9.17) is 4.42 Å². The first kappa shape index (κ1) is 17.8. The molecule has 3 aromatic rings. The van der Waals surface area contributed by atoms with Gasteiger partial charge in [-0.1, -0.05) is 18.2 Å². The normalized spacial score (nSPS) is 19.0. The molecule has 1 atom stereocenters. The number of aromatic nitrogens is 2. The Bertz CT molecular complexity index is 1140. The van der Waals surface area contributed by atoms with Crippen molar-refractivity contribution in [1.29, 1.82) is 0 Å². The molecule has 5 rings (SSSR count). The van der Waals surface area contributed by atoms with Gasteiger partial charge in [0.2, 0.25) is 0 Å². The molecule has 0 saturated heterocycles. The number of alkyl halides is 3. The van der Waals surface area contributed by atoms with E-state index in [1.54, 1.807) is 12.3 Å². The number of carbonyl (C=O) groups is 1. The third kappa shape index (κ3) is 2.86. The molecule has 148 valence electrons. The van der Waals surface area contributed by atoms with E-state index in [0.717, 1.165) is 30.2 Å². The summed E-state index contributed by atoms with van der Waals surface area (Å²) in [7, 11) is 0. The van der Waals surface area contributed by atoms with Crippen LogP contribution in [0.3, 0.4) is 0 Å². The summed E-state index contributed by atoms with van der Waals surface area (Å²) < 4.78 is 46.1. The van der Waals surface area contributed by atoms with Gasteiger partial charge in [0.15, 0.2) is 5.78 Å². The topological polar surface area (TPSA) is 70.9 Å². The lowest BCUT2D eigenvalue weighted by Gasteiger charge is -2.30. The van der Waals surface area contributed by atoms with Crippen molar-refractivity contribution >= 4 is 11.6 Å². The number of hydrogen-bond acceptors (Lipinski definition) is 4. The smallest absolute Gasteiger partial charge is 0.417 e. The van der Waals surface area contributed by atoms with Crippen LogP contribution in [-0.2, 0) is 11.0 Å². The number of hydrogen-bond donors (Lipinski definition) is 2. The van der Waals surface area contributed by atoms with Crippen LogP contribution in [0.4, 0.5) is 19.0 Å². The van der Waals surface area contributed by atoms with E-state index in [-0.39, 0.29) is 17.1 Å². The molecule has 1 aliphatic carbocycles. The van der Waals surface area contributed by atoms with E-state index in [0.29, 0.717) is 23.6 Å². The number of rotatable bonds is 2. The number of fused-ring (bicyclic) bond motifs is 1. The molecule has 2 N–H and O–H groups in total. The van der Waals surface area contributed by atoms with Gasteiger partial charge in [0.05, 0.1) is 17.7 Å². The van der Waals surface area contributed by atoms with E-state index in [1.165, 1.54) is 24.3 Å². The summed E-state index contributed by atoms with van der Waals surface area (Å²) in [4.78, 5) is 12.7. The Kier molecular flexibility index (Phi) is 3.90. The number of Topliss-reactive ketones (excluding diaryl/α,β-unsaturated/α-hetero) is 1. The van der Waals surface area contributed by atoms with Gasteiger partial charge < -0.3 is 9.73 Å². The largest absolute Gasteiger partial charge is 0.460 e. The first-order valence-electron chi connectivity index (χ1n) is 9.26. The Morgan fingerprint density at radius 1 is 1.10 bits per heavy atom. The van der Waals surface area contributed by atoms with Crippen LogP contribution < -0.4 is 5.32 Å². The van der Waals surface area contributed by atoms with Crippen molar-refractivity contribution in [3.8, 4) is 11.3 Å². The summed E-state index contributed by atoms with van der Waals surface area (Å²) in [6, 6.07) is 8.46. The maximum atomic E-state index is 13.4. The van der Waals surface area contributed by atoms with Crippen LogP contribution in [0.1, 0.15) is 42.1 Å². The number of nitrogens with one attached hydrogen (secondary N) is 2. The van der Waals surface area contributed by atoms with Crippen molar-refractivity contribution in [1.82, 2.24) is 10.2 Å². The molecule has 0 amide bonds. The summed E-state index contributed by atoms with van der Waals surface area (Å²) in [5.74, 6) is 0.728. The minimum absolute atomic E-state index is 0.0178. The molecule has 2 aliphatic rings. The molecular formula is C21H16F3N3O2. The van der Waals surface area contributed by atoms with Gasteiger partial charge in [0, 0.05) is 28.8 Å². The number of H-pyrrole nitrogens is 1. The van der Waals surface area contributed by atoms with Crippen molar-refractivity contribution in [2.45, 2.75) is 31.4 Å². The molecule has 0 radical (unpaired) electrons. The quantitative estimate of drug-likeness (QED) is 0.617. The van der Waals surface area contributed by atoms with Crippen molar-refractivity contribution in [2.75, 3.05) is 5.32 Å². The van der Waals surface area contributed by atoms with Crippen LogP contribution in [0.5, 0.6) is 0 Å². The highest BCUT2D eigenvalue weighted by Crippen LogP contribution is 2.46. The summed E-state index contributed by atoms with van der Waals surface area (Å²) in [5.41, 5.74) is 1.37. The second kappa shape index (κ2) is 6.37. The molecule has 1 unspecified atom stereocenters. The van der Waals surface area contributed by atoms with Gasteiger partial charge in [-0.3, -0.25) is 9.89 Å². The van der Waals surface area contributed by atoms with Crippen LogP contribution in [-0.4, -0.2) is 16.0 Å². The summed E-state index contributed by atoms with van der Waals surface area (Å²) in [5, 5.41) is 10.2. The average molecular weight is 399 g/mol. The Hall–Kier alpha value is -3.29. The van der Waals surface area contributed by atoms with Gasteiger partial charge in [-0.15, -0.1) is 0 Å². The Labute approximate surface area is 163 Å². The number of allylic oxidation sites excluding steroid dienone is 2. The number of anilines is 1. The van der Waals surface area contributed by atoms with E-state index >= 15 is 0 Å². The second-order valence-electron chi connectivity index (χ2n) is 7.17. The molecule has 8 heteroatoms. The van der Waals surface area contributed by atoms with Crippen molar-refractivity contribution < 1.29 is 22.4 Å². The van der Waals surface area contributed by atoms with Crippen LogP contribution in [0.2, 0.25) is 0 Å². The number of nitrogens with zero attached hydrogens (tertiary/aromatic N) is 1. The number of furan rings is 1. The maximum Gasteiger partial charge on any atom is 0.417 e. The Morgan fingerprint density at radius 2 is 1.93 bits per heavy atom.